The van der Waals surface area contributed by atoms with Crippen LogP contribution in [0.3, 0.4) is 0 Å². The molecule has 2 N–H and O–H groups in total. The van der Waals surface area contributed by atoms with Gasteiger partial charge in [0.05, 0.1) is 13.2 Å². The number of rotatable bonds is 4. The van der Waals surface area contributed by atoms with Crippen LogP contribution in [-0.2, 0) is 14.3 Å². The first kappa shape index (κ1) is 15.4. The maximum absolute atomic E-state index is 13.1. The van der Waals surface area contributed by atoms with Gasteiger partial charge in [-0.25, -0.2) is 9.18 Å². The van der Waals surface area contributed by atoms with Gasteiger partial charge in [-0.3, -0.25) is 9.69 Å². The molecular weight excluding hydrogens is 307 g/mol. The van der Waals surface area contributed by atoms with Crippen molar-refractivity contribution in [2.45, 2.75) is 6.35 Å². The number of ether oxygens (including phenoxy) is 1. The maximum atomic E-state index is 13.1. The van der Waals surface area contributed by atoms with Crippen molar-refractivity contribution in [2.75, 3.05) is 24.7 Å². The quantitative estimate of drug-likeness (QED) is 0.778. The van der Waals surface area contributed by atoms with Crippen LogP contribution in [0, 0.1) is 11.7 Å². The van der Waals surface area contributed by atoms with Crippen molar-refractivity contribution in [3.05, 3.63) is 41.9 Å². The lowest BCUT2D eigenvalue weighted by atomic mass is 10.1. The number of halogens is 1. The minimum Gasteiger partial charge on any atom is -0.477 e. The summed E-state index contributed by atoms with van der Waals surface area (Å²) in [6.07, 6.45) is -0.218. The van der Waals surface area contributed by atoms with E-state index in [1.807, 2.05) is 0 Å². The molecule has 23 heavy (non-hydrogen) atoms. The Morgan fingerprint density at radius 1 is 1.30 bits per heavy atom. The summed E-state index contributed by atoms with van der Waals surface area (Å²) in [4.78, 5) is 26.0. The van der Waals surface area contributed by atoms with E-state index in [9.17, 15) is 24.2 Å². The van der Waals surface area contributed by atoms with Crippen molar-refractivity contribution < 1.29 is 28.9 Å². The summed E-state index contributed by atoms with van der Waals surface area (Å²) < 4.78 is 18.1. The molecule has 0 aromatic heterocycles. The van der Waals surface area contributed by atoms with E-state index in [4.69, 9.17) is 4.74 Å². The fourth-order valence-corrected chi connectivity index (χ4v) is 2.50. The molecule has 1 atom stereocenters. The number of aliphatic hydroxyl groups excluding tert-OH is 1. The number of hydrogen-bond acceptors (Lipinski definition) is 5. The highest BCUT2D eigenvalue weighted by Gasteiger charge is 2.38. The van der Waals surface area contributed by atoms with Gasteiger partial charge in [0, 0.05) is 24.4 Å². The average Bonchev–Trinajstić information content (AvgIpc) is 2.46. The molecule has 0 radical (unpaired) electrons. The standard InChI is InChI=1S/C15H15FN2O5/c16-10-1-3-11(4-2-10)18-13(19)12(14(20)21)6-17(15(18)22)5-9-7-23-8-9/h1-4,6,9,15,22H,5,7-8H2,(H,20,21). The SMILES string of the molecule is O=C(O)C1=CN(CC2COC2)C(O)N(c2ccc(F)cc2)C1=O. The first-order chi connectivity index (χ1) is 11.0. The van der Waals surface area contributed by atoms with Gasteiger partial charge < -0.3 is 19.8 Å². The minimum atomic E-state index is -1.39. The number of carbonyl (C=O) groups excluding carboxylic acids is 1. The molecule has 0 bridgehead atoms. The molecule has 1 fully saturated rings. The normalized spacial score (nSPS) is 21.9. The molecule has 2 aliphatic rings. The van der Waals surface area contributed by atoms with Crippen LogP contribution in [0.5, 0.6) is 0 Å². The first-order valence-corrected chi connectivity index (χ1v) is 7.03. The molecule has 2 aliphatic heterocycles. The number of hydrogen-bond donors (Lipinski definition) is 2. The van der Waals surface area contributed by atoms with E-state index in [2.05, 4.69) is 0 Å². The number of amides is 1. The zero-order valence-corrected chi connectivity index (χ0v) is 12.1. The van der Waals surface area contributed by atoms with Crippen LogP contribution in [-0.4, -0.2) is 53.1 Å². The Bertz CT molecular complexity index is 656. The predicted octanol–water partition coefficient (Wildman–Crippen LogP) is 0.365. The van der Waals surface area contributed by atoms with E-state index in [1.165, 1.54) is 17.0 Å². The van der Waals surface area contributed by atoms with Crippen LogP contribution in [0.4, 0.5) is 10.1 Å². The van der Waals surface area contributed by atoms with Crippen LogP contribution < -0.4 is 4.90 Å². The summed E-state index contributed by atoms with van der Waals surface area (Å²) in [6, 6.07) is 4.90. The molecule has 1 aromatic carbocycles. The Labute approximate surface area is 131 Å². The van der Waals surface area contributed by atoms with Crippen molar-refractivity contribution >= 4 is 17.6 Å². The molecule has 2 heterocycles. The lowest BCUT2D eigenvalue weighted by Crippen LogP contribution is -2.56. The van der Waals surface area contributed by atoms with Crippen molar-refractivity contribution in [2.24, 2.45) is 5.92 Å². The highest BCUT2D eigenvalue weighted by atomic mass is 19.1. The van der Waals surface area contributed by atoms with Crippen LogP contribution in [0.15, 0.2) is 36.0 Å². The number of carboxylic acids is 1. The molecule has 3 rings (SSSR count). The minimum absolute atomic E-state index is 0.152. The lowest BCUT2D eigenvalue weighted by Gasteiger charge is -2.41. The highest BCUT2D eigenvalue weighted by molar-refractivity contribution is 6.22. The molecule has 0 spiro atoms. The second-order valence-corrected chi connectivity index (χ2v) is 5.45. The van der Waals surface area contributed by atoms with Gasteiger partial charge in [0.25, 0.3) is 5.91 Å². The molecule has 8 heteroatoms. The van der Waals surface area contributed by atoms with Gasteiger partial charge >= 0.3 is 5.97 Å². The summed E-state index contributed by atoms with van der Waals surface area (Å²) >= 11 is 0. The van der Waals surface area contributed by atoms with Crippen molar-refractivity contribution in [1.82, 2.24) is 4.90 Å². The molecule has 1 unspecified atom stereocenters. The monoisotopic (exact) mass is 322 g/mol. The number of anilines is 1. The summed E-state index contributed by atoms with van der Waals surface area (Å²) in [6.45, 7) is 1.39. The molecule has 122 valence electrons. The second kappa shape index (κ2) is 5.98. The van der Waals surface area contributed by atoms with Crippen molar-refractivity contribution in [3.63, 3.8) is 0 Å². The maximum Gasteiger partial charge on any atom is 0.342 e. The summed E-state index contributed by atoms with van der Waals surface area (Å²) in [5, 5.41) is 19.7. The number of aliphatic carboxylic acids is 1. The summed E-state index contributed by atoms with van der Waals surface area (Å²) in [7, 11) is 0. The largest absolute Gasteiger partial charge is 0.477 e. The fourth-order valence-electron chi connectivity index (χ4n) is 2.50. The Hall–Kier alpha value is -2.45. The molecule has 7 nitrogen and oxygen atoms in total. The van der Waals surface area contributed by atoms with E-state index >= 15 is 0 Å². The smallest absolute Gasteiger partial charge is 0.342 e. The van der Waals surface area contributed by atoms with Gasteiger partial charge in [0.1, 0.15) is 11.4 Å². The Morgan fingerprint density at radius 2 is 1.96 bits per heavy atom. The second-order valence-electron chi connectivity index (χ2n) is 5.45. The Kier molecular flexibility index (Phi) is 4.01. The lowest BCUT2D eigenvalue weighted by molar-refractivity contribution is -0.136. The van der Waals surface area contributed by atoms with E-state index in [0.717, 1.165) is 23.2 Å². The first-order valence-electron chi connectivity index (χ1n) is 7.03. The Morgan fingerprint density at radius 3 is 2.48 bits per heavy atom. The van der Waals surface area contributed by atoms with Gasteiger partial charge in [0.15, 0.2) is 0 Å². The third kappa shape index (κ3) is 2.90. The van der Waals surface area contributed by atoms with E-state index < -0.39 is 29.6 Å². The molecule has 0 aliphatic carbocycles. The topological polar surface area (TPSA) is 90.3 Å². The fraction of sp³-hybridized carbons (Fsp3) is 0.333. The zero-order valence-electron chi connectivity index (χ0n) is 12.1. The van der Waals surface area contributed by atoms with Crippen LogP contribution in [0.1, 0.15) is 0 Å². The van der Waals surface area contributed by atoms with Gasteiger partial charge in [-0.2, -0.15) is 0 Å². The van der Waals surface area contributed by atoms with Gasteiger partial charge in [0.2, 0.25) is 6.35 Å². The predicted molar refractivity (Wildman–Crippen MR) is 76.6 cm³/mol. The third-order valence-corrected chi connectivity index (χ3v) is 3.78. The summed E-state index contributed by atoms with van der Waals surface area (Å²) in [5.41, 5.74) is -0.245. The van der Waals surface area contributed by atoms with Crippen molar-refractivity contribution in [3.8, 4) is 0 Å². The molecule has 0 saturated carbocycles. The zero-order chi connectivity index (χ0) is 16.6. The number of carbonyl (C=O) groups is 2. The third-order valence-electron chi connectivity index (χ3n) is 3.78. The number of benzene rings is 1. The van der Waals surface area contributed by atoms with Crippen molar-refractivity contribution in [1.29, 1.82) is 0 Å². The number of aliphatic hydroxyl groups is 1. The molecular formula is C15H15FN2O5. The summed E-state index contributed by atoms with van der Waals surface area (Å²) in [5.74, 6) is -2.58. The van der Waals surface area contributed by atoms with E-state index in [1.54, 1.807) is 0 Å². The van der Waals surface area contributed by atoms with Crippen LogP contribution in [0.2, 0.25) is 0 Å². The molecule has 1 amide bonds. The Balaban J connectivity index is 1.94. The molecule has 1 aromatic rings. The highest BCUT2D eigenvalue weighted by Crippen LogP contribution is 2.27. The van der Waals surface area contributed by atoms with E-state index in [0.29, 0.717) is 19.8 Å². The number of nitrogens with zero attached hydrogens (tertiary/aromatic N) is 2. The van der Waals surface area contributed by atoms with Crippen LogP contribution in [0.25, 0.3) is 0 Å². The van der Waals surface area contributed by atoms with E-state index in [-0.39, 0.29) is 11.6 Å². The number of carboxylic acid groups (broad SMARTS) is 1. The van der Waals surface area contributed by atoms with Gasteiger partial charge in [-0.1, -0.05) is 0 Å². The average molecular weight is 322 g/mol. The van der Waals surface area contributed by atoms with Gasteiger partial charge in [-0.15, -0.1) is 0 Å². The van der Waals surface area contributed by atoms with Gasteiger partial charge in [-0.05, 0) is 24.3 Å². The van der Waals surface area contributed by atoms with Crippen LogP contribution >= 0.6 is 0 Å². The molecule has 1 saturated heterocycles.